The summed E-state index contributed by atoms with van der Waals surface area (Å²) in [5.74, 6) is -0.0189. The molecule has 0 spiro atoms. The summed E-state index contributed by atoms with van der Waals surface area (Å²) in [5.41, 5.74) is 0.648. The first-order chi connectivity index (χ1) is 5.33. The summed E-state index contributed by atoms with van der Waals surface area (Å²) in [6, 6.07) is 1.73. The molecule has 11 heavy (non-hydrogen) atoms. The molecule has 1 aliphatic rings. The summed E-state index contributed by atoms with van der Waals surface area (Å²) in [6.45, 7) is 0.103. The molecule has 1 aliphatic heterocycles. The molecule has 0 bridgehead atoms. The van der Waals surface area contributed by atoms with Gasteiger partial charge in [0.05, 0.1) is 15.9 Å². The van der Waals surface area contributed by atoms with E-state index in [-0.39, 0.29) is 12.3 Å². The second-order valence-corrected chi connectivity index (χ2v) is 3.11. The Morgan fingerprint density at radius 2 is 2.45 bits per heavy atom. The zero-order valence-corrected chi connectivity index (χ0v) is 6.30. The SMILES string of the molecule is O=NN1CC(=O)c2sccc21. The number of anilines is 1. The van der Waals surface area contributed by atoms with Gasteiger partial charge in [-0.2, -0.15) is 0 Å². The first kappa shape index (κ1) is 6.48. The van der Waals surface area contributed by atoms with Crippen LogP contribution in [0.4, 0.5) is 5.69 Å². The van der Waals surface area contributed by atoms with Crippen molar-refractivity contribution in [2.75, 3.05) is 11.6 Å². The Balaban J connectivity index is 2.53. The van der Waals surface area contributed by atoms with Gasteiger partial charge in [-0.25, -0.2) is 5.01 Å². The number of nitroso groups, excluding NO2 is 1. The maximum absolute atomic E-state index is 11.1. The van der Waals surface area contributed by atoms with E-state index in [1.54, 1.807) is 11.4 Å². The fraction of sp³-hybridized carbons (Fsp3) is 0.167. The Kier molecular flexibility index (Phi) is 1.25. The van der Waals surface area contributed by atoms with Crippen molar-refractivity contribution in [2.24, 2.45) is 5.29 Å². The lowest BCUT2D eigenvalue weighted by molar-refractivity contribution is 0.101. The third-order valence-electron chi connectivity index (χ3n) is 1.57. The van der Waals surface area contributed by atoms with Crippen LogP contribution in [0.1, 0.15) is 9.67 Å². The average Bonchev–Trinajstić information content (AvgIpc) is 2.54. The Labute approximate surface area is 66.4 Å². The lowest BCUT2D eigenvalue weighted by Gasteiger charge is -2.01. The molecule has 0 fully saturated rings. The molecule has 2 heterocycles. The van der Waals surface area contributed by atoms with E-state index in [4.69, 9.17) is 0 Å². The Morgan fingerprint density at radius 3 is 3.18 bits per heavy atom. The number of fused-ring (bicyclic) bond motifs is 1. The molecule has 2 rings (SSSR count). The van der Waals surface area contributed by atoms with E-state index < -0.39 is 0 Å². The number of rotatable bonds is 1. The van der Waals surface area contributed by atoms with Crippen LogP contribution >= 0.6 is 11.3 Å². The van der Waals surface area contributed by atoms with Gasteiger partial charge in [0.25, 0.3) is 0 Å². The van der Waals surface area contributed by atoms with Crippen LogP contribution in [-0.2, 0) is 0 Å². The number of hydrogen-bond donors (Lipinski definition) is 0. The van der Waals surface area contributed by atoms with E-state index in [0.29, 0.717) is 10.6 Å². The van der Waals surface area contributed by atoms with Gasteiger partial charge >= 0.3 is 0 Å². The molecule has 0 saturated carbocycles. The zero-order chi connectivity index (χ0) is 7.84. The van der Waals surface area contributed by atoms with Gasteiger partial charge in [-0.3, -0.25) is 4.79 Å². The monoisotopic (exact) mass is 168 g/mol. The van der Waals surface area contributed by atoms with Crippen molar-refractivity contribution >= 4 is 22.8 Å². The third kappa shape index (κ3) is 0.775. The van der Waals surface area contributed by atoms with Crippen molar-refractivity contribution in [2.45, 2.75) is 0 Å². The van der Waals surface area contributed by atoms with E-state index in [1.165, 1.54) is 16.3 Å². The zero-order valence-electron chi connectivity index (χ0n) is 5.48. The molecule has 0 N–H and O–H groups in total. The summed E-state index contributed by atoms with van der Waals surface area (Å²) in [6.07, 6.45) is 0. The number of Topliss-reactive ketones (excluding diaryl/α,β-unsaturated/α-hetero) is 1. The summed E-state index contributed by atoms with van der Waals surface area (Å²) in [4.78, 5) is 21.9. The van der Waals surface area contributed by atoms with Crippen molar-refractivity contribution in [1.82, 2.24) is 0 Å². The number of ketones is 1. The van der Waals surface area contributed by atoms with Crippen LogP contribution in [0.25, 0.3) is 0 Å². The van der Waals surface area contributed by atoms with Crippen LogP contribution in [0.2, 0.25) is 0 Å². The first-order valence-electron chi connectivity index (χ1n) is 3.04. The van der Waals surface area contributed by atoms with E-state index >= 15 is 0 Å². The van der Waals surface area contributed by atoms with Gasteiger partial charge in [0.15, 0.2) is 5.78 Å². The van der Waals surface area contributed by atoms with Crippen molar-refractivity contribution in [3.8, 4) is 0 Å². The maximum Gasteiger partial charge on any atom is 0.196 e. The molecule has 1 aromatic heterocycles. The number of carbonyl (C=O) groups excluding carboxylic acids is 1. The minimum absolute atomic E-state index is 0.0189. The summed E-state index contributed by atoms with van der Waals surface area (Å²) < 4.78 is 0. The van der Waals surface area contributed by atoms with E-state index in [2.05, 4.69) is 5.29 Å². The molecule has 0 amide bonds. The molecular formula is C6H4N2O2S. The van der Waals surface area contributed by atoms with Crippen LogP contribution in [0.5, 0.6) is 0 Å². The second kappa shape index (κ2) is 2.13. The topological polar surface area (TPSA) is 49.7 Å². The minimum Gasteiger partial charge on any atom is -0.291 e. The molecule has 0 atom stereocenters. The average molecular weight is 168 g/mol. The Bertz CT molecular complexity index is 320. The van der Waals surface area contributed by atoms with Crippen molar-refractivity contribution in [1.29, 1.82) is 0 Å². The highest BCUT2D eigenvalue weighted by atomic mass is 32.1. The summed E-state index contributed by atoms with van der Waals surface area (Å²) in [5, 5.41) is 5.67. The molecule has 0 saturated heterocycles. The van der Waals surface area contributed by atoms with Crippen molar-refractivity contribution < 1.29 is 4.79 Å². The van der Waals surface area contributed by atoms with Crippen LogP contribution < -0.4 is 5.01 Å². The van der Waals surface area contributed by atoms with Crippen molar-refractivity contribution in [3.63, 3.8) is 0 Å². The summed E-state index contributed by atoms with van der Waals surface area (Å²) in [7, 11) is 0. The molecule has 0 aromatic carbocycles. The van der Waals surface area contributed by atoms with Gasteiger partial charge in [0, 0.05) is 0 Å². The van der Waals surface area contributed by atoms with Crippen LogP contribution in [0, 0.1) is 4.91 Å². The highest BCUT2D eigenvalue weighted by Crippen LogP contribution is 2.32. The van der Waals surface area contributed by atoms with E-state index in [1.807, 2.05) is 0 Å². The molecular weight excluding hydrogens is 164 g/mol. The minimum atomic E-state index is -0.0189. The lowest BCUT2D eigenvalue weighted by Crippen LogP contribution is -2.14. The smallest absolute Gasteiger partial charge is 0.196 e. The van der Waals surface area contributed by atoms with E-state index in [0.717, 1.165) is 0 Å². The van der Waals surface area contributed by atoms with Crippen LogP contribution in [0.3, 0.4) is 0 Å². The number of hydrogen-bond acceptors (Lipinski definition) is 4. The van der Waals surface area contributed by atoms with Gasteiger partial charge in [-0.1, -0.05) is 0 Å². The fourth-order valence-electron chi connectivity index (χ4n) is 1.08. The van der Waals surface area contributed by atoms with Crippen molar-refractivity contribution in [3.05, 3.63) is 21.2 Å². The number of carbonyl (C=O) groups is 1. The highest BCUT2D eigenvalue weighted by Gasteiger charge is 2.28. The highest BCUT2D eigenvalue weighted by molar-refractivity contribution is 7.13. The molecule has 0 aliphatic carbocycles. The molecule has 0 unspecified atom stereocenters. The first-order valence-corrected chi connectivity index (χ1v) is 3.92. The molecule has 4 nitrogen and oxygen atoms in total. The maximum atomic E-state index is 11.1. The van der Waals surface area contributed by atoms with Gasteiger partial charge in [-0.15, -0.1) is 16.2 Å². The Hall–Kier alpha value is -1.23. The standard InChI is InChI=1S/C6H4N2O2S/c9-5-3-8(7-10)4-1-2-11-6(4)5/h1-2H,3H2. The molecule has 0 radical (unpaired) electrons. The van der Waals surface area contributed by atoms with Gasteiger partial charge in [0.2, 0.25) is 0 Å². The fourth-order valence-corrected chi connectivity index (χ4v) is 1.90. The quantitative estimate of drug-likeness (QED) is 0.596. The normalized spacial score (nSPS) is 15.3. The number of nitrogens with zero attached hydrogens (tertiary/aromatic N) is 2. The van der Waals surface area contributed by atoms with Gasteiger partial charge in [0.1, 0.15) is 6.54 Å². The molecule has 5 heteroatoms. The Morgan fingerprint density at radius 1 is 1.64 bits per heavy atom. The largest absolute Gasteiger partial charge is 0.291 e. The van der Waals surface area contributed by atoms with Crippen LogP contribution in [-0.4, -0.2) is 12.3 Å². The van der Waals surface area contributed by atoms with Crippen LogP contribution in [0.15, 0.2) is 16.7 Å². The molecule has 56 valence electrons. The second-order valence-electron chi connectivity index (χ2n) is 2.20. The number of thiophene rings is 1. The third-order valence-corrected chi connectivity index (χ3v) is 2.51. The predicted octanol–water partition coefficient (Wildman–Crippen LogP) is 1.43. The van der Waals surface area contributed by atoms with Gasteiger partial charge < -0.3 is 0 Å². The lowest BCUT2D eigenvalue weighted by atomic mass is 10.4. The predicted molar refractivity (Wildman–Crippen MR) is 41.8 cm³/mol. The molecule has 1 aromatic rings. The van der Waals surface area contributed by atoms with Gasteiger partial charge in [-0.05, 0) is 11.4 Å². The summed E-state index contributed by atoms with van der Waals surface area (Å²) >= 11 is 1.35. The van der Waals surface area contributed by atoms with E-state index in [9.17, 15) is 9.70 Å².